The molecule has 2 heterocycles. The molecule has 0 saturated heterocycles. The molecule has 2 aromatic heterocycles. The first-order valence-electron chi connectivity index (χ1n) is 5.78. The van der Waals surface area contributed by atoms with Gasteiger partial charge in [-0.3, -0.25) is 4.79 Å². The molecule has 2 rings (SSSR count). The number of aromatic nitrogens is 2. The topological polar surface area (TPSA) is 46.1 Å². The van der Waals surface area contributed by atoms with Crippen LogP contribution >= 0.6 is 11.5 Å². The van der Waals surface area contributed by atoms with Crippen molar-refractivity contribution in [3.05, 3.63) is 23.5 Å². The minimum Gasteiger partial charge on any atom is -0.343 e. The number of nitrogens with zero attached hydrogens (tertiary/aromatic N) is 3. The minimum atomic E-state index is -0.0749. The maximum Gasteiger partial charge on any atom is 0.273 e. The van der Waals surface area contributed by atoms with Gasteiger partial charge in [0, 0.05) is 25.7 Å². The first-order valence-corrected chi connectivity index (χ1v) is 6.55. The Balaban J connectivity index is 2.60. The molecule has 0 spiro atoms. The smallest absolute Gasteiger partial charge is 0.273 e. The number of pyridine rings is 1. The highest BCUT2D eigenvalue weighted by Crippen LogP contribution is 2.28. The summed E-state index contributed by atoms with van der Waals surface area (Å²) in [5.41, 5.74) is 1.63. The number of amides is 1. The highest BCUT2D eigenvalue weighted by molar-refractivity contribution is 7.13. The summed E-state index contributed by atoms with van der Waals surface area (Å²) < 4.78 is 4.23. The fourth-order valence-electron chi connectivity index (χ4n) is 1.61. The molecule has 0 saturated carbocycles. The molecule has 5 heteroatoms. The molecule has 2 aromatic rings. The predicted molar refractivity (Wildman–Crippen MR) is 74.1 cm³/mol. The fourth-order valence-corrected chi connectivity index (χ4v) is 2.32. The van der Waals surface area contributed by atoms with Crippen molar-refractivity contribution >= 4 is 27.7 Å². The number of fused-ring (bicyclic) bond motifs is 1. The van der Waals surface area contributed by atoms with Crippen LogP contribution in [0.5, 0.6) is 0 Å². The summed E-state index contributed by atoms with van der Waals surface area (Å²) in [5, 5.41) is 0.853. The van der Waals surface area contributed by atoms with Crippen LogP contribution in [-0.4, -0.2) is 34.3 Å². The van der Waals surface area contributed by atoms with Crippen molar-refractivity contribution in [3.8, 4) is 0 Å². The van der Waals surface area contributed by atoms with E-state index in [1.807, 2.05) is 12.3 Å². The van der Waals surface area contributed by atoms with E-state index < -0.39 is 0 Å². The monoisotopic (exact) mass is 263 g/mol. The second-order valence-corrected chi connectivity index (χ2v) is 6.31. The maximum absolute atomic E-state index is 12.0. The number of rotatable bonds is 1. The molecular formula is C13H17N3OS. The van der Waals surface area contributed by atoms with Crippen molar-refractivity contribution in [2.24, 2.45) is 0 Å². The Kier molecular flexibility index (Phi) is 3.11. The summed E-state index contributed by atoms with van der Waals surface area (Å²) in [6.45, 7) is 6.38. The lowest BCUT2D eigenvalue weighted by molar-refractivity contribution is 0.0825. The van der Waals surface area contributed by atoms with Crippen LogP contribution in [-0.2, 0) is 5.41 Å². The lowest BCUT2D eigenvalue weighted by Gasteiger charge is -2.18. The van der Waals surface area contributed by atoms with E-state index in [-0.39, 0.29) is 11.3 Å². The first-order chi connectivity index (χ1) is 8.30. The van der Waals surface area contributed by atoms with Crippen LogP contribution in [0.2, 0.25) is 0 Å². The Labute approximate surface area is 111 Å². The number of hydrogen-bond donors (Lipinski definition) is 0. The van der Waals surface area contributed by atoms with E-state index in [0.717, 1.165) is 15.8 Å². The standard InChI is InChI=1S/C13H17N3OS/c1-13(2,3)8-6-9-10(12(17)16(4)5)15-18-11(9)14-7-8/h6-7H,1-5H3. The van der Waals surface area contributed by atoms with Gasteiger partial charge in [0.1, 0.15) is 4.83 Å². The molecular weight excluding hydrogens is 246 g/mol. The Morgan fingerprint density at radius 3 is 2.56 bits per heavy atom. The van der Waals surface area contributed by atoms with Gasteiger partial charge in [-0.1, -0.05) is 20.8 Å². The van der Waals surface area contributed by atoms with Crippen LogP contribution in [0.1, 0.15) is 36.8 Å². The van der Waals surface area contributed by atoms with Crippen LogP contribution in [0, 0.1) is 0 Å². The van der Waals surface area contributed by atoms with Gasteiger partial charge < -0.3 is 4.90 Å². The van der Waals surface area contributed by atoms with Crippen molar-refractivity contribution in [1.82, 2.24) is 14.3 Å². The summed E-state index contributed by atoms with van der Waals surface area (Å²) in [7, 11) is 3.46. The largest absolute Gasteiger partial charge is 0.343 e. The summed E-state index contributed by atoms with van der Waals surface area (Å²) >= 11 is 1.27. The van der Waals surface area contributed by atoms with Gasteiger partial charge in [-0.15, -0.1) is 0 Å². The van der Waals surface area contributed by atoms with Crippen LogP contribution < -0.4 is 0 Å². The van der Waals surface area contributed by atoms with E-state index in [2.05, 4.69) is 30.1 Å². The zero-order valence-electron chi connectivity index (χ0n) is 11.3. The molecule has 0 fully saturated rings. The molecule has 0 bridgehead atoms. The van der Waals surface area contributed by atoms with Gasteiger partial charge in [0.15, 0.2) is 5.69 Å². The van der Waals surface area contributed by atoms with Gasteiger partial charge in [0.2, 0.25) is 0 Å². The molecule has 0 radical (unpaired) electrons. The molecule has 0 N–H and O–H groups in total. The lowest BCUT2D eigenvalue weighted by atomic mass is 9.88. The second-order valence-electron chi connectivity index (χ2n) is 5.56. The molecule has 0 aliphatic carbocycles. The number of carbonyl (C=O) groups excluding carboxylic acids is 1. The molecule has 96 valence electrons. The zero-order valence-corrected chi connectivity index (χ0v) is 12.1. The molecule has 0 aromatic carbocycles. The molecule has 0 unspecified atom stereocenters. The maximum atomic E-state index is 12.0. The highest BCUT2D eigenvalue weighted by atomic mass is 32.1. The molecule has 4 nitrogen and oxygen atoms in total. The zero-order chi connectivity index (χ0) is 13.5. The normalized spacial score (nSPS) is 11.8. The first kappa shape index (κ1) is 13.0. The Morgan fingerprint density at radius 1 is 1.33 bits per heavy atom. The van der Waals surface area contributed by atoms with Crippen LogP contribution in [0.15, 0.2) is 12.3 Å². The molecule has 0 atom stereocenters. The highest BCUT2D eigenvalue weighted by Gasteiger charge is 2.20. The van der Waals surface area contributed by atoms with Crippen molar-refractivity contribution < 1.29 is 4.79 Å². The molecule has 1 amide bonds. The van der Waals surface area contributed by atoms with Gasteiger partial charge >= 0.3 is 0 Å². The fraction of sp³-hybridized carbons (Fsp3) is 0.462. The van der Waals surface area contributed by atoms with E-state index in [9.17, 15) is 4.79 Å². The van der Waals surface area contributed by atoms with E-state index in [4.69, 9.17) is 0 Å². The summed E-state index contributed by atoms with van der Waals surface area (Å²) in [6.07, 6.45) is 1.87. The summed E-state index contributed by atoms with van der Waals surface area (Å²) in [6, 6.07) is 2.03. The van der Waals surface area contributed by atoms with Crippen LogP contribution in [0.4, 0.5) is 0 Å². The van der Waals surface area contributed by atoms with Crippen LogP contribution in [0.25, 0.3) is 10.2 Å². The quantitative estimate of drug-likeness (QED) is 0.794. The Morgan fingerprint density at radius 2 is 2.00 bits per heavy atom. The molecule has 18 heavy (non-hydrogen) atoms. The van der Waals surface area contributed by atoms with Crippen LogP contribution in [0.3, 0.4) is 0 Å². The molecule has 0 aliphatic rings. The molecule has 0 aliphatic heterocycles. The van der Waals surface area contributed by atoms with Crippen molar-refractivity contribution in [1.29, 1.82) is 0 Å². The number of carbonyl (C=O) groups is 1. The van der Waals surface area contributed by atoms with Gasteiger partial charge in [0.25, 0.3) is 5.91 Å². The van der Waals surface area contributed by atoms with E-state index in [1.165, 1.54) is 16.4 Å². The summed E-state index contributed by atoms with van der Waals surface area (Å²) in [4.78, 5) is 18.8. The number of hydrogen-bond acceptors (Lipinski definition) is 4. The third-order valence-corrected chi connectivity index (χ3v) is 3.58. The average Bonchev–Trinajstić information content (AvgIpc) is 2.69. The Bertz CT molecular complexity index is 596. The summed E-state index contributed by atoms with van der Waals surface area (Å²) in [5.74, 6) is -0.0749. The third kappa shape index (κ3) is 2.22. The van der Waals surface area contributed by atoms with E-state index in [0.29, 0.717) is 5.69 Å². The lowest BCUT2D eigenvalue weighted by Crippen LogP contribution is -2.22. The van der Waals surface area contributed by atoms with Gasteiger partial charge in [-0.25, -0.2) is 4.98 Å². The van der Waals surface area contributed by atoms with E-state index >= 15 is 0 Å². The van der Waals surface area contributed by atoms with Crippen molar-refractivity contribution in [2.75, 3.05) is 14.1 Å². The average molecular weight is 263 g/mol. The minimum absolute atomic E-state index is 0.0154. The SMILES string of the molecule is CN(C)C(=O)c1nsc2ncc(C(C)(C)C)cc12. The Hall–Kier alpha value is -1.49. The van der Waals surface area contributed by atoms with Gasteiger partial charge in [-0.2, -0.15) is 4.37 Å². The second kappa shape index (κ2) is 4.31. The third-order valence-electron chi connectivity index (χ3n) is 2.80. The van der Waals surface area contributed by atoms with Crippen molar-refractivity contribution in [3.63, 3.8) is 0 Å². The predicted octanol–water partition coefficient (Wildman–Crippen LogP) is 2.69. The van der Waals surface area contributed by atoms with Crippen molar-refractivity contribution in [2.45, 2.75) is 26.2 Å². The van der Waals surface area contributed by atoms with Gasteiger partial charge in [-0.05, 0) is 28.6 Å². The van der Waals surface area contributed by atoms with E-state index in [1.54, 1.807) is 14.1 Å². The van der Waals surface area contributed by atoms with Gasteiger partial charge in [0.05, 0.1) is 0 Å².